The van der Waals surface area contributed by atoms with Gasteiger partial charge >= 0.3 is 0 Å². The van der Waals surface area contributed by atoms with E-state index in [1.807, 2.05) is 30.6 Å². The van der Waals surface area contributed by atoms with Gasteiger partial charge in [0.25, 0.3) is 0 Å². The van der Waals surface area contributed by atoms with Crippen molar-refractivity contribution in [3.8, 4) is 39.9 Å². The van der Waals surface area contributed by atoms with Crippen molar-refractivity contribution in [2.24, 2.45) is 0 Å². The first-order chi connectivity index (χ1) is 24.3. The Morgan fingerprint density at radius 3 is 1.90 bits per heavy atom. The highest BCUT2D eigenvalue weighted by Gasteiger charge is 2.18. The molecule has 10 aromatic rings. The van der Waals surface area contributed by atoms with Crippen LogP contribution in [0.1, 0.15) is 0 Å². The van der Waals surface area contributed by atoms with Crippen molar-refractivity contribution in [3.05, 3.63) is 164 Å². The van der Waals surface area contributed by atoms with Crippen molar-refractivity contribution in [1.29, 1.82) is 0 Å². The summed E-state index contributed by atoms with van der Waals surface area (Å²) in [6.45, 7) is 0. The number of hydrogen-bond donors (Lipinski definition) is 0. The quantitative estimate of drug-likeness (QED) is 0.183. The lowest BCUT2D eigenvalue weighted by Crippen LogP contribution is -2.01. The van der Waals surface area contributed by atoms with Gasteiger partial charge in [-0.15, -0.1) is 0 Å². The number of benzene rings is 7. The Kier molecular flexibility index (Phi) is 6.11. The van der Waals surface area contributed by atoms with Crippen LogP contribution in [0.15, 0.2) is 164 Å². The molecule has 10 rings (SSSR count). The van der Waals surface area contributed by atoms with Gasteiger partial charge in [0.2, 0.25) is 0 Å². The van der Waals surface area contributed by atoms with E-state index in [2.05, 4.69) is 143 Å². The van der Waals surface area contributed by atoms with Crippen LogP contribution in [-0.2, 0) is 0 Å². The largest absolute Gasteiger partial charge is 0.309 e. The molecule has 0 aliphatic heterocycles. The van der Waals surface area contributed by atoms with E-state index in [1.165, 1.54) is 26.9 Å². The van der Waals surface area contributed by atoms with Crippen LogP contribution in [0, 0.1) is 0 Å². The molecule has 0 aliphatic carbocycles. The summed E-state index contributed by atoms with van der Waals surface area (Å²) in [5.74, 6) is 1.91. The molecular formula is C44H27N5. The van der Waals surface area contributed by atoms with E-state index >= 15 is 0 Å². The maximum Gasteiger partial charge on any atom is 0.164 e. The first-order valence-corrected chi connectivity index (χ1v) is 16.4. The van der Waals surface area contributed by atoms with Crippen molar-refractivity contribution < 1.29 is 0 Å². The average Bonchev–Trinajstić information content (AvgIpc) is 3.51. The second kappa shape index (κ2) is 10.9. The number of aromatic nitrogens is 5. The smallest absolute Gasteiger partial charge is 0.164 e. The highest BCUT2D eigenvalue weighted by atomic mass is 15.0. The van der Waals surface area contributed by atoms with E-state index in [0.717, 1.165) is 49.6 Å². The maximum absolute atomic E-state index is 5.20. The van der Waals surface area contributed by atoms with E-state index in [-0.39, 0.29) is 0 Å². The highest BCUT2D eigenvalue weighted by Crippen LogP contribution is 2.37. The predicted octanol–water partition coefficient (Wildman–Crippen LogP) is 10.8. The van der Waals surface area contributed by atoms with Crippen LogP contribution < -0.4 is 0 Å². The monoisotopic (exact) mass is 625 g/mol. The van der Waals surface area contributed by atoms with Crippen molar-refractivity contribution in [1.82, 2.24) is 24.5 Å². The number of para-hydroxylation sites is 2. The maximum atomic E-state index is 5.20. The molecule has 0 bridgehead atoms. The molecule has 0 saturated heterocycles. The van der Waals surface area contributed by atoms with Crippen molar-refractivity contribution in [2.75, 3.05) is 0 Å². The van der Waals surface area contributed by atoms with E-state index in [4.69, 9.17) is 15.0 Å². The fraction of sp³-hybridized carbons (Fsp3) is 0. The molecule has 0 radical (unpaired) electrons. The minimum absolute atomic E-state index is 0.630. The Morgan fingerprint density at radius 1 is 0.388 bits per heavy atom. The Balaban J connectivity index is 1.22. The molecule has 0 saturated carbocycles. The molecule has 0 N–H and O–H groups in total. The van der Waals surface area contributed by atoms with Gasteiger partial charge in [0.1, 0.15) is 0 Å². The first kappa shape index (κ1) is 27.4. The van der Waals surface area contributed by atoms with Crippen LogP contribution in [0.5, 0.6) is 0 Å². The number of nitrogens with zero attached hydrogens (tertiary/aromatic N) is 5. The molecule has 3 heterocycles. The second-order valence-corrected chi connectivity index (χ2v) is 12.3. The molecule has 5 heteroatoms. The summed E-state index contributed by atoms with van der Waals surface area (Å²) in [6.07, 6.45) is 3.79. The highest BCUT2D eigenvalue weighted by molar-refractivity contribution is 6.19. The SMILES string of the molecule is c1ccc(-c2nc(-c3ccc4c5ccccc5n(-c5ccccc5)c4c3)nc(-c3cccc4c3ccc3c5cnccc5ccc43)n2)cc1. The van der Waals surface area contributed by atoms with Gasteiger partial charge in [0, 0.05) is 50.9 Å². The minimum Gasteiger partial charge on any atom is -0.309 e. The standard InChI is InChI=1S/C44H27N5/c1-3-10-29(11-4-1)42-46-43(30-19-21-37-36-14-7-8-17-40(36)49(41(37)26-30)31-12-5-2-6-13-31)48-44(47-42)38-16-9-15-32-33-20-18-28-24-25-45-27-39(28)35(33)23-22-34(32)38/h1-27H. The molecule has 0 atom stereocenters. The van der Waals surface area contributed by atoms with E-state index in [0.29, 0.717) is 17.5 Å². The lowest BCUT2D eigenvalue weighted by molar-refractivity contribution is 1.08. The van der Waals surface area contributed by atoms with Gasteiger partial charge in [-0.3, -0.25) is 4.98 Å². The summed E-state index contributed by atoms with van der Waals surface area (Å²) in [7, 11) is 0. The normalized spacial score (nSPS) is 11.7. The fourth-order valence-electron chi connectivity index (χ4n) is 7.25. The molecule has 0 spiro atoms. The molecule has 5 nitrogen and oxygen atoms in total. The zero-order valence-corrected chi connectivity index (χ0v) is 26.3. The minimum atomic E-state index is 0.630. The lowest BCUT2D eigenvalue weighted by atomic mass is 9.95. The second-order valence-electron chi connectivity index (χ2n) is 12.3. The van der Waals surface area contributed by atoms with Crippen LogP contribution in [-0.4, -0.2) is 24.5 Å². The third-order valence-electron chi connectivity index (χ3n) is 9.53. The van der Waals surface area contributed by atoms with Gasteiger partial charge < -0.3 is 4.57 Å². The van der Waals surface area contributed by atoms with E-state index < -0.39 is 0 Å². The van der Waals surface area contributed by atoms with Crippen molar-refractivity contribution >= 4 is 54.1 Å². The molecular weight excluding hydrogens is 599 g/mol. The molecule has 0 unspecified atom stereocenters. The average molecular weight is 626 g/mol. The molecule has 0 amide bonds. The number of rotatable bonds is 4. The molecule has 228 valence electrons. The van der Waals surface area contributed by atoms with Crippen LogP contribution in [0.2, 0.25) is 0 Å². The van der Waals surface area contributed by atoms with E-state index in [1.54, 1.807) is 0 Å². The lowest BCUT2D eigenvalue weighted by Gasteiger charge is -2.13. The molecule has 0 fully saturated rings. The van der Waals surface area contributed by atoms with Gasteiger partial charge in [0.15, 0.2) is 17.5 Å². The summed E-state index contributed by atoms with van der Waals surface area (Å²) < 4.78 is 2.32. The number of hydrogen-bond acceptors (Lipinski definition) is 4. The summed E-state index contributed by atoms with van der Waals surface area (Å²) in [5.41, 5.74) is 6.21. The zero-order chi connectivity index (χ0) is 32.3. The Bertz CT molecular complexity index is 2880. The molecule has 49 heavy (non-hydrogen) atoms. The molecule has 3 aromatic heterocycles. The predicted molar refractivity (Wildman–Crippen MR) is 201 cm³/mol. The third-order valence-corrected chi connectivity index (χ3v) is 9.53. The van der Waals surface area contributed by atoms with Crippen LogP contribution in [0.4, 0.5) is 0 Å². The summed E-state index contributed by atoms with van der Waals surface area (Å²) >= 11 is 0. The Morgan fingerprint density at radius 2 is 1.02 bits per heavy atom. The van der Waals surface area contributed by atoms with Crippen LogP contribution in [0.25, 0.3) is 94.0 Å². The van der Waals surface area contributed by atoms with Crippen molar-refractivity contribution in [3.63, 3.8) is 0 Å². The van der Waals surface area contributed by atoms with Gasteiger partial charge in [-0.2, -0.15) is 0 Å². The topological polar surface area (TPSA) is 56.5 Å². The molecule has 0 aliphatic rings. The zero-order valence-electron chi connectivity index (χ0n) is 26.3. The van der Waals surface area contributed by atoms with E-state index in [9.17, 15) is 0 Å². The Hall–Kier alpha value is -6.72. The first-order valence-electron chi connectivity index (χ1n) is 16.4. The van der Waals surface area contributed by atoms with Crippen LogP contribution >= 0.6 is 0 Å². The van der Waals surface area contributed by atoms with Crippen LogP contribution in [0.3, 0.4) is 0 Å². The number of fused-ring (bicyclic) bond motifs is 8. The fourth-order valence-corrected chi connectivity index (χ4v) is 7.25. The Labute approximate surface area is 281 Å². The van der Waals surface area contributed by atoms with Crippen molar-refractivity contribution in [2.45, 2.75) is 0 Å². The van der Waals surface area contributed by atoms with Gasteiger partial charge in [-0.25, -0.2) is 15.0 Å². The van der Waals surface area contributed by atoms with Gasteiger partial charge in [-0.05, 0) is 57.3 Å². The third kappa shape index (κ3) is 4.40. The summed E-state index contributed by atoms with van der Waals surface area (Å²) in [6, 6.07) is 53.0. The van der Waals surface area contributed by atoms with Gasteiger partial charge in [-0.1, -0.05) is 121 Å². The molecule has 7 aromatic carbocycles. The summed E-state index contributed by atoms with van der Waals surface area (Å²) in [5, 5.41) is 9.31. The van der Waals surface area contributed by atoms with Gasteiger partial charge in [0.05, 0.1) is 11.0 Å². The summed E-state index contributed by atoms with van der Waals surface area (Å²) in [4.78, 5) is 19.8. The number of pyridine rings is 1.